The minimum absolute atomic E-state index is 0.201. The lowest BCUT2D eigenvalue weighted by Gasteiger charge is -2.15. The van der Waals surface area contributed by atoms with Crippen LogP contribution in [0.1, 0.15) is 31.4 Å². The molecule has 0 radical (unpaired) electrons. The van der Waals surface area contributed by atoms with Crippen LogP contribution >= 0.6 is 39.3 Å². The highest BCUT2D eigenvalue weighted by Gasteiger charge is 2.37. The zero-order chi connectivity index (χ0) is 23.3. The number of ether oxygens (including phenoxy) is 2. The van der Waals surface area contributed by atoms with E-state index in [-0.39, 0.29) is 17.6 Å². The molecule has 0 unspecified atom stereocenters. The van der Waals surface area contributed by atoms with Gasteiger partial charge in [-0.2, -0.15) is 0 Å². The van der Waals surface area contributed by atoms with Crippen molar-refractivity contribution in [1.82, 2.24) is 4.90 Å². The Morgan fingerprint density at radius 3 is 2.72 bits per heavy atom. The van der Waals surface area contributed by atoms with Gasteiger partial charge < -0.3 is 9.47 Å². The molecule has 2 amide bonds. The lowest BCUT2D eigenvalue weighted by atomic mass is 10.1. The van der Waals surface area contributed by atoms with Crippen LogP contribution in [0.25, 0.3) is 6.08 Å². The maximum Gasteiger partial charge on any atom is 0.326 e. The molecule has 1 fully saturated rings. The SMILES string of the molecule is CC[C@H](C)OC(=O)CN1C(=O)S/C(=C/c2cc(Br)ccc2OCc2ccccc2Cl)C1=O. The van der Waals surface area contributed by atoms with Crippen LogP contribution in [0.15, 0.2) is 51.8 Å². The first-order chi connectivity index (χ1) is 15.3. The van der Waals surface area contributed by atoms with Crippen LogP contribution in [0.5, 0.6) is 5.75 Å². The van der Waals surface area contributed by atoms with E-state index < -0.39 is 23.7 Å². The van der Waals surface area contributed by atoms with Gasteiger partial charge in [0.2, 0.25) is 0 Å². The van der Waals surface area contributed by atoms with E-state index in [9.17, 15) is 14.4 Å². The smallest absolute Gasteiger partial charge is 0.326 e. The molecule has 9 heteroatoms. The Kier molecular flexibility index (Phi) is 8.39. The van der Waals surface area contributed by atoms with Crippen LogP contribution in [0, 0.1) is 0 Å². The molecule has 0 saturated carbocycles. The van der Waals surface area contributed by atoms with Gasteiger partial charge in [0, 0.05) is 20.6 Å². The van der Waals surface area contributed by atoms with Crippen LogP contribution in [-0.2, 0) is 20.9 Å². The second kappa shape index (κ2) is 11.0. The van der Waals surface area contributed by atoms with Gasteiger partial charge in [0.1, 0.15) is 18.9 Å². The standard InChI is InChI=1S/C23H21BrClNO5S/c1-3-14(2)31-21(27)12-26-22(28)20(32-23(26)29)11-16-10-17(24)8-9-19(16)30-13-15-6-4-5-7-18(15)25/h4-11,14H,3,12-13H2,1-2H3/b20-11+/t14-/m0/s1. The second-order valence-electron chi connectivity index (χ2n) is 7.04. The summed E-state index contributed by atoms with van der Waals surface area (Å²) in [6.45, 7) is 3.46. The quantitative estimate of drug-likeness (QED) is 0.300. The minimum atomic E-state index is -0.617. The highest BCUT2D eigenvalue weighted by Crippen LogP contribution is 2.35. The predicted molar refractivity (Wildman–Crippen MR) is 128 cm³/mol. The summed E-state index contributed by atoms with van der Waals surface area (Å²) in [7, 11) is 0. The van der Waals surface area contributed by atoms with Crippen molar-refractivity contribution >= 4 is 62.5 Å². The molecular weight excluding hydrogens is 518 g/mol. The van der Waals surface area contributed by atoms with Crippen molar-refractivity contribution in [2.24, 2.45) is 0 Å². The fourth-order valence-electron chi connectivity index (χ4n) is 2.79. The molecule has 1 atom stereocenters. The van der Waals surface area contributed by atoms with Crippen molar-refractivity contribution < 1.29 is 23.9 Å². The third-order valence-electron chi connectivity index (χ3n) is 4.67. The van der Waals surface area contributed by atoms with E-state index >= 15 is 0 Å². The van der Waals surface area contributed by atoms with Gasteiger partial charge in [0.05, 0.1) is 11.0 Å². The molecular formula is C23H21BrClNO5S. The molecule has 3 rings (SSSR count). The molecule has 0 aromatic heterocycles. The maximum atomic E-state index is 12.8. The summed E-state index contributed by atoms with van der Waals surface area (Å²) >= 11 is 10.4. The average Bonchev–Trinajstić information content (AvgIpc) is 3.01. The predicted octanol–water partition coefficient (Wildman–Crippen LogP) is 6.06. The molecule has 32 heavy (non-hydrogen) atoms. The van der Waals surface area contributed by atoms with E-state index in [0.29, 0.717) is 22.8 Å². The van der Waals surface area contributed by atoms with Gasteiger partial charge in [-0.05, 0) is 55.4 Å². The first-order valence-electron chi connectivity index (χ1n) is 9.89. The first kappa shape index (κ1) is 24.4. The topological polar surface area (TPSA) is 72.9 Å². The maximum absolute atomic E-state index is 12.8. The van der Waals surface area contributed by atoms with E-state index in [1.54, 1.807) is 31.2 Å². The van der Waals surface area contributed by atoms with Crippen LogP contribution < -0.4 is 4.74 Å². The molecule has 0 aliphatic carbocycles. The summed E-state index contributed by atoms with van der Waals surface area (Å²) in [5, 5.41) is 0.0763. The number of thioether (sulfide) groups is 1. The highest BCUT2D eigenvalue weighted by atomic mass is 79.9. The van der Waals surface area contributed by atoms with Gasteiger partial charge in [-0.3, -0.25) is 19.3 Å². The Bertz CT molecular complexity index is 1070. The zero-order valence-electron chi connectivity index (χ0n) is 17.5. The minimum Gasteiger partial charge on any atom is -0.488 e. The Morgan fingerprint density at radius 1 is 1.25 bits per heavy atom. The Morgan fingerprint density at radius 2 is 2.00 bits per heavy atom. The van der Waals surface area contributed by atoms with Crippen LogP contribution in [0.3, 0.4) is 0 Å². The molecule has 1 saturated heterocycles. The Balaban J connectivity index is 1.78. The van der Waals surface area contributed by atoms with E-state index in [2.05, 4.69) is 15.9 Å². The van der Waals surface area contributed by atoms with Crippen LogP contribution in [-0.4, -0.2) is 34.7 Å². The second-order valence-corrected chi connectivity index (χ2v) is 9.35. The lowest BCUT2D eigenvalue weighted by molar-refractivity contribution is -0.150. The van der Waals surface area contributed by atoms with Gasteiger partial charge in [0.15, 0.2) is 0 Å². The number of benzene rings is 2. The zero-order valence-corrected chi connectivity index (χ0v) is 20.6. The molecule has 2 aromatic rings. The van der Waals surface area contributed by atoms with Gasteiger partial charge >= 0.3 is 5.97 Å². The first-order valence-corrected chi connectivity index (χ1v) is 11.9. The fraction of sp³-hybridized carbons (Fsp3) is 0.261. The number of carbonyl (C=O) groups excluding carboxylic acids is 3. The molecule has 1 aliphatic rings. The summed E-state index contributed by atoms with van der Waals surface area (Å²) < 4.78 is 11.9. The monoisotopic (exact) mass is 537 g/mol. The lowest BCUT2D eigenvalue weighted by Crippen LogP contribution is -2.35. The molecule has 0 bridgehead atoms. The molecule has 0 spiro atoms. The Hall–Kier alpha value is -2.29. The van der Waals surface area contributed by atoms with E-state index in [4.69, 9.17) is 21.1 Å². The normalized spacial score (nSPS) is 15.9. The number of hydrogen-bond donors (Lipinski definition) is 0. The number of amides is 2. The number of esters is 1. The van der Waals surface area contributed by atoms with Gasteiger partial charge in [-0.15, -0.1) is 0 Å². The fourth-order valence-corrected chi connectivity index (χ4v) is 4.18. The average molecular weight is 539 g/mol. The largest absolute Gasteiger partial charge is 0.488 e. The number of carbonyl (C=O) groups is 3. The number of halogens is 2. The van der Waals surface area contributed by atoms with E-state index in [0.717, 1.165) is 26.7 Å². The Labute approximate surface area is 204 Å². The summed E-state index contributed by atoms with van der Waals surface area (Å²) in [6, 6.07) is 12.7. The van der Waals surface area contributed by atoms with Crippen molar-refractivity contribution in [3.8, 4) is 5.75 Å². The van der Waals surface area contributed by atoms with Crippen molar-refractivity contribution in [3.05, 3.63) is 68.0 Å². The van der Waals surface area contributed by atoms with E-state index in [1.807, 2.05) is 31.2 Å². The summed E-state index contributed by atoms with van der Waals surface area (Å²) in [4.78, 5) is 38.2. The highest BCUT2D eigenvalue weighted by molar-refractivity contribution is 9.10. The number of imide groups is 1. The van der Waals surface area contributed by atoms with Crippen LogP contribution in [0.2, 0.25) is 5.02 Å². The summed E-state index contributed by atoms with van der Waals surface area (Å²) in [5.41, 5.74) is 1.43. The van der Waals surface area contributed by atoms with Crippen molar-refractivity contribution in [2.75, 3.05) is 6.54 Å². The van der Waals surface area contributed by atoms with Crippen molar-refractivity contribution in [1.29, 1.82) is 0 Å². The molecule has 1 aliphatic heterocycles. The van der Waals surface area contributed by atoms with E-state index in [1.165, 1.54) is 0 Å². The van der Waals surface area contributed by atoms with Gasteiger partial charge in [0.25, 0.3) is 11.1 Å². The number of nitrogens with zero attached hydrogens (tertiary/aromatic N) is 1. The summed E-state index contributed by atoms with van der Waals surface area (Å²) in [5.74, 6) is -0.636. The molecule has 168 valence electrons. The van der Waals surface area contributed by atoms with Crippen molar-refractivity contribution in [2.45, 2.75) is 33.0 Å². The van der Waals surface area contributed by atoms with Crippen LogP contribution in [0.4, 0.5) is 4.79 Å². The van der Waals surface area contributed by atoms with Crippen molar-refractivity contribution in [3.63, 3.8) is 0 Å². The molecule has 0 N–H and O–H groups in total. The third-order valence-corrected chi connectivity index (χ3v) is 6.44. The molecule has 1 heterocycles. The number of hydrogen-bond acceptors (Lipinski definition) is 6. The van der Waals surface area contributed by atoms with Gasteiger partial charge in [-0.25, -0.2) is 0 Å². The van der Waals surface area contributed by atoms with Gasteiger partial charge in [-0.1, -0.05) is 52.7 Å². The summed E-state index contributed by atoms with van der Waals surface area (Å²) in [6.07, 6.45) is 1.95. The molecule has 6 nitrogen and oxygen atoms in total. The molecule has 2 aromatic carbocycles. The third kappa shape index (κ3) is 6.15. The number of rotatable bonds is 8.